The summed E-state index contributed by atoms with van der Waals surface area (Å²) in [5, 5.41) is 9.34. The number of anilines is 1. The molecular weight excluding hydrogens is 370 g/mol. The van der Waals surface area contributed by atoms with Gasteiger partial charge in [-0.2, -0.15) is 10.2 Å². The van der Waals surface area contributed by atoms with Gasteiger partial charge in [0.2, 0.25) is 11.6 Å². The molecule has 0 unspecified atom stereocenters. The van der Waals surface area contributed by atoms with Crippen LogP contribution in [0.5, 0.6) is 0 Å². The number of carbonyl (C=O) groups excluding carboxylic acids is 1. The average molecular weight is 384 g/mol. The van der Waals surface area contributed by atoms with Gasteiger partial charge in [-0.1, -0.05) is 0 Å². The Hall–Kier alpha value is -3.67. The van der Waals surface area contributed by atoms with Crippen molar-refractivity contribution in [1.29, 1.82) is 5.26 Å². The molecule has 0 bridgehead atoms. The molecule has 142 valence electrons. The molecule has 0 saturated carbocycles. The molecule has 0 aliphatic carbocycles. The number of halogens is 2. The maximum atomic E-state index is 13.4. The molecule has 7 nitrogen and oxygen atoms in total. The van der Waals surface area contributed by atoms with Gasteiger partial charge in [0.25, 0.3) is 11.8 Å². The van der Waals surface area contributed by atoms with E-state index in [9.17, 15) is 18.8 Å². The van der Waals surface area contributed by atoms with Gasteiger partial charge in [-0.3, -0.25) is 4.79 Å². The monoisotopic (exact) mass is 384 g/mol. The Kier molecular flexibility index (Phi) is 4.53. The number of furan rings is 1. The Labute approximate surface area is 158 Å². The van der Waals surface area contributed by atoms with Crippen LogP contribution in [0.15, 0.2) is 45.4 Å². The molecule has 0 radical (unpaired) electrons. The lowest BCUT2D eigenvalue weighted by atomic mass is 10.1. The van der Waals surface area contributed by atoms with Gasteiger partial charge in [0.1, 0.15) is 6.07 Å². The molecule has 0 N–H and O–H groups in total. The first-order chi connectivity index (χ1) is 13.6. The predicted octanol–water partition coefficient (Wildman–Crippen LogP) is 3.05. The van der Waals surface area contributed by atoms with Crippen LogP contribution in [0.3, 0.4) is 0 Å². The second kappa shape index (κ2) is 7.15. The lowest BCUT2D eigenvalue weighted by Crippen LogP contribution is -2.49. The van der Waals surface area contributed by atoms with Crippen molar-refractivity contribution in [2.45, 2.75) is 0 Å². The fraction of sp³-hybridized carbons (Fsp3) is 0.211. The summed E-state index contributed by atoms with van der Waals surface area (Å²) in [5.74, 6) is -1.51. The van der Waals surface area contributed by atoms with E-state index >= 15 is 0 Å². The van der Waals surface area contributed by atoms with Crippen molar-refractivity contribution in [2.75, 3.05) is 31.1 Å². The van der Waals surface area contributed by atoms with E-state index in [2.05, 4.69) is 4.98 Å². The van der Waals surface area contributed by atoms with Crippen LogP contribution in [0.2, 0.25) is 0 Å². The van der Waals surface area contributed by atoms with Crippen LogP contribution in [0.25, 0.3) is 11.7 Å². The van der Waals surface area contributed by atoms with Crippen LogP contribution in [0.1, 0.15) is 16.1 Å². The topological polar surface area (TPSA) is 86.5 Å². The minimum absolute atomic E-state index is 0.0878. The summed E-state index contributed by atoms with van der Waals surface area (Å²) in [6.07, 6.45) is 1.48. The number of rotatable bonds is 3. The number of carbonyl (C=O) groups is 1. The first-order valence-corrected chi connectivity index (χ1v) is 8.51. The minimum Gasteiger partial charge on any atom is -0.459 e. The molecule has 3 aromatic rings. The zero-order valence-electron chi connectivity index (χ0n) is 14.6. The molecule has 1 aliphatic rings. The van der Waals surface area contributed by atoms with Crippen molar-refractivity contribution in [3.05, 3.63) is 59.5 Å². The van der Waals surface area contributed by atoms with Gasteiger partial charge in [0, 0.05) is 31.7 Å². The third-order valence-corrected chi connectivity index (χ3v) is 4.47. The normalized spacial score (nSPS) is 14.2. The number of oxazole rings is 1. The predicted molar refractivity (Wildman–Crippen MR) is 93.4 cm³/mol. The molecule has 2 aromatic heterocycles. The van der Waals surface area contributed by atoms with Crippen molar-refractivity contribution in [3.8, 4) is 17.7 Å². The number of piperazine rings is 1. The highest BCUT2D eigenvalue weighted by Gasteiger charge is 2.27. The maximum absolute atomic E-state index is 13.4. The molecule has 3 heterocycles. The quantitative estimate of drug-likeness (QED) is 0.690. The van der Waals surface area contributed by atoms with Gasteiger partial charge in [-0.05, 0) is 30.3 Å². The summed E-state index contributed by atoms with van der Waals surface area (Å²) in [6.45, 7) is 1.47. The molecule has 1 aromatic carbocycles. The van der Waals surface area contributed by atoms with Crippen LogP contribution < -0.4 is 4.90 Å². The highest BCUT2D eigenvalue weighted by Crippen LogP contribution is 2.29. The van der Waals surface area contributed by atoms with E-state index in [1.807, 2.05) is 11.0 Å². The third-order valence-electron chi connectivity index (χ3n) is 4.47. The Bertz CT molecular complexity index is 1050. The molecule has 1 fully saturated rings. The van der Waals surface area contributed by atoms with Crippen molar-refractivity contribution >= 4 is 11.8 Å². The van der Waals surface area contributed by atoms with E-state index in [4.69, 9.17) is 8.83 Å². The lowest BCUT2D eigenvalue weighted by molar-refractivity contribution is 0.0744. The van der Waals surface area contributed by atoms with E-state index in [1.165, 1.54) is 12.3 Å². The smallest absolute Gasteiger partial charge is 0.266 e. The van der Waals surface area contributed by atoms with E-state index in [0.717, 1.165) is 12.1 Å². The highest BCUT2D eigenvalue weighted by molar-refractivity contribution is 5.94. The number of nitriles is 1. The maximum Gasteiger partial charge on any atom is 0.266 e. The molecule has 0 spiro atoms. The van der Waals surface area contributed by atoms with Gasteiger partial charge in [0.15, 0.2) is 17.4 Å². The van der Waals surface area contributed by atoms with E-state index < -0.39 is 11.6 Å². The first-order valence-electron chi connectivity index (χ1n) is 8.51. The minimum atomic E-state index is -1.06. The number of hydrogen-bond acceptors (Lipinski definition) is 6. The lowest BCUT2D eigenvalue weighted by Gasteiger charge is -2.34. The van der Waals surface area contributed by atoms with Crippen LogP contribution in [0, 0.1) is 23.0 Å². The summed E-state index contributed by atoms with van der Waals surface area (Å²) in [6, 6.07) is 8.45. The average Bonchev–Trinajstić information content (AvgIpc) is 3.39. The fourth-order valence-electron chi connectivity index (χ4n) is 3.03. The summed E-state index contributed by atoms with van der Waals surface area (Å²) in [4.78, 5) is 20.0. The van der Waals surface area contributed by atoms with Gasteiger partial charge in [0.05, 0.1) is 6.26 Å². The number of aromatic nitrogens is 1. The van der Waals surface area contributed by atoms with Gasteiger partial charge in [-0.25, -0.2) is 8.78 Å². The molecule has 4 rings (SSSR count). The largest absolute Gasteiger partial charge is 0.459 e. The van der Waals surface area contributed by atoms with Crippen molar-refractivity contribution in [3.63, 3.8) is 0 Å². The van der Waals surface area contributed by atoms with Crippen molar-refractivity contribution in [1.82, 2.24) is 9.88 Å². The number of hydrogen-bond donors (Lipinski definition) is 0. The Balaban J connectivity index is 1.48. The molecule has 28 heavy (non-hydrogen) atoms. The summed E-state index contributed by atoms with van der Waals surface area (Å²) >= 11 is 0. The SMILES string of the molecule is N#Cc1nc(-c2ccco2)oc1N1CCN(C(=O)c2ccc(F)c(F)c2)CC1. The Morgan fingerprint density at radius 3 is 2.57 bits per heavy atom. The molecule has 1 aliphatic heterocycles. The van der Waals surface area contributed by atoms with Gasteiger partial charge >= 0.3 is 0 Å². The molecule has 0 atom stereocenters. The third kappa shape index (κ3) is 3.20. The number of nitrogens with zero attached hydrogens (tertiary/aromatic N) is 4. The Morgan fingerprint density at radius 2 is 1.93 bits per heavy atom. The number of benzene rings is 1. The summed E-state index contributed by atoms with van der Waals surface area (Å²) in [7, 11) is 0. The van der Waals surface area contributed by atoms with Crippen molar-refractivity contribution in [2.24, 2.45) is 0 Å². The molecule has 1 saturated heterocycles. The van der Waals surface area contributed by atoms with E-state index in [0.29, 0.717) is 37.8 Å². The fourth-order valence-corrected chi connectivity index (χ4v) is 3.03. The summed E-state index contributed by atoms with van der Waals surface area (Å²) in [5.41, 5.74) is 0.219. The van der Waals surface area contributed by atoms with Crippen LogP contribution in [-0.4, -0.2) is 42.0 Å². The van der Waals surface area contributed by atoms with Gasteiger partial charge < -0.3 is 18.6 Å². The second-order valence-electron chi connectivity index (χ2n) is 6.17. The summed E-state index contributed by atoms with van der Waals surface area (Å²) < 4.78 is 37.4. The molecular formula is C19H14F2N4O3. The Morgan fingerprint density at radius 1 is 1.14 bits per heavy atom. The first kappa shape index (κ1) is 17.7. The number of amides is 1. The standard InChI is InChI=1S/C19H14F2N4O3/c20-13-4-3-12(10-14(13)21)18(26)24-5-7-25(8-6-24)19-15(11-22)23-17(28-19)16-2-1-9-27-16/h1-4,9-10H,5-8H2. The molecule has 9 heteroatoms. The molecule has 1 amide bonds. The van der Waals surface area contributed by atoms with E-state index in [-0.39, 0.29) is 23.1 Å². The van der Waals surface area contributed by atoms with Gasteiger partial charge in [-0.15, -0.1) is 0 Å². The zero-order valence-corrected chi connectivity index (χ0v) is 14.6. The van der Waals surface area contributed by atoms with Crippen LogP contribution >= 0.6 is 0 Å². The zero-order chi connectivity index (χ0) is 19.7. The second-order valence-corrected chi connectivity index (χ2v) is 6.17. The van der Waals surface area contributed by atoms with Crippen LogP contribution in [0.4, 0.5) is 14.7 Å². The van der Waals surface area contributed by atoms with E-state index in [1.54, 1.807) is 17.0 Å². The van der Waals surface area contributed by atoms with Crippen molar-refractivity contribution < 1.29 is 22.4 Å². The highest BCUT2D eigenvalue weighted by atomic mass is 19.2. The van der Waals surface area contributed by atoms with Crippen LogP contribution in [-0.2, 0) is 0 Å².